The van der Waals surface area contributed by atoms with E-state index in [2.05, 4.69) is 10.3 Å². The van der Waals surface area contributed by atoms with Crippen molar-refractivity contribution in [1.29, 1.82) is 0 Å². The molecule has 4 aromatic rings. The highest BCUT2D eigenvalue weighted by Gasteiger charge is 2.37. The van der Waals surface area contributed by atoms with Crippen LogP contribution in [-0.4, -0.2) is 59.0 Å². The first-order chi connectivity index (χ1) is 19.9. The lowest BCUT2D eigenvalue weighted by Gasteiger charge is -2.26. The normalized spacial score (nSPS) is 18.9. The Labute approximate surface area is 239 Å². The summed E-state index contributed by atoms with van der Waals surface area (Å²) >= 11 is 1.34. The first-order valence-electron chi connectivity index (χ1n) is 13.6. The number of nitrogens with zero attached hydrogens (tertiary/aromatic N) is 2. The van der Waals surface area contributed by atoms with Gasteiger partial charge in [-0.15, -0.1) is 0 Å². The molecule has 1 aromatic heterocycles. The van der Waals surface area contributed by atoms with E-state index in [1.807, 2.05) is 6.07 Å². The molecule has 2 N–H and O–H groups in total. The first-order valence-corrected chi connectivity index (χ1v) is 14.4. The van der Waals surface area contributed by atoms with Gasteiger partial charge in [0.25, 0.3) is 5.91 Å². The van der Waals surface area contributed by atoms with Crippen molar-refractivity contribution < 1.29 is 28.6 Å². The number of morpholine rings is 1. The van der Waals surface area contributed by atoms with Crippen LogP contribution in [0.5, 0.6) is 0 Å². The second-order valence-corrected chi connectivity index (χ2v) is 11.4. The molecule has 1 aliphatic carbocycles. The van der Waals surface area contributed by atoms with E-state index in [1.54, 1.807) is 53.4 Å². The van der Waals surface area contributed by atoms with Gasteiger partial charge in [0, 0.05) is 30.1 Å². The minimum Gasteiger partial charge on any atom is -0.481 e. The number of rotatable bonds is 7. The number of aliphatic carboxylic acids is 1. The molecule has 1 amide bonds. The number of nitrogens with one attached hydrogen (secondary N) is 1. The van der Waals surface area contributed by atoms with Gasteiger partial charge in [0.2, 0.25) is 0 Å². The van der Waals surface area contributed by atoms with Crippen LogP contribution in [0.15, 0.2) is 60.7 Å². The summed E-state index contributed by atoms with van der Waals surface area (Å²) in [6, 6.07) is 17.1. The standard InChI is InChI=1S/C31H28FN3O5S/c32-24-16-20(18-4-6-19(7-5-18)28(36)22-2-1-3-23(22)30(38)39)8-10-25(24)33-31-34-26-11-9-21(17-27(26)41-31)29(37)35-12-14-40-15-13-35/h4-11,16-17,22-23H,1-3,12-15H2,(H,33,34)(H,38,39)/t22-,23?/m0/s1. The number of carboxylic acids is 1. The summed E-state index contributed by atoms with van der Waals surface area (Å²) in [4.78, 5) is 43.6. The molecule has 41 heavy (non-hydrogen) atoms. The van der Waals surface area contributed by atoms with Crippen molar-refractivity contribution in [3.05, 3.63) is 77.6 Å². The predicted molar refractivity (Wildman–Crippen MR) is 154 cm³/mol. The number of thiazole rings is 1. The number of ether oxygens (including phenoxy) is 1. The highest BCUT2D eigenvalue weighted by atomic mass is 32.1. The van der Waals surface area contributed by atoms with Crippen LogP contribution in [0.4, 0.5) is 15.2 Å². The smallest absolute Gasteiger partial charge is 0.307 e. The molecule has 1 aliphatic heterocycles. The number of anilines is 2. The highest BCUT2D eigenvalue weighted by molar-refractivity contribution is 7.22. The van der Waals surface area contributed by atoms with E-state index in [9.17, 15) is 19.5 Å². The number of carboxylic acid groups (broad SMARTS) is 1. The first kappa shape index (κ1) is 27.0. The van der Waals surface area contributed by atoms with Crippen molar-refractivity contribution in [2.45, 2.75) is 19.3 Å². The third kappa shape index (κ3) is 5.57. The Morgan fingerprint density at radius 2 is 1.63 bits per heavy atom. The van der Waals surface area contributed by atoms with Crippen LogP contribution >= 0.6 is 11.3 Å². The second kappa shape index (κ2) is 11.4. The molecule has 0 spiro atoms. The Balaban J connectivity index is 1.15. The Bertz CT molecular complexity index is 1630. The van der Waals surface area contributed by atoms with Gasteiger partial charge in [-0.1, -0.05) is 48.1 Å². The highest BCUT2D eigenvalue weighted by Crippen LogP contribution is 2.35. The maximum Gasteiger partial charge on any atom is 0.307 e. The lowest BCUT2D eigenvalue weighted by Crippen LogP contribution is -2.40. The van der Waals surface area contributed by atoms with Gasteiger partial charge in [0.05, 0.1) is 35.0 Å². The summed E-state index contributed by atoms with van der Waals surface area (Å²) in [6.45, 7) is 2.20. The zero-order valence-corrected chi connectivity index (χ0v) is 23.0. The molecular formula is C31H28FN3O5S. The molecule has 1 saturated carbocycles. The van der Waals surface area contributed by atoms with Crippen molar-refractivity contribution >= 4 is 50.0 Å². The number of aromatic nitrogens is 1. The summed E-state index contributed by atoms with van der Waals surface area (Å²) in [5.41, 5.74) is 3.43. The van der Waals surface area contributed by atoms with Gasteiger partial charge in [-0.2, -0.15) is 0 Å². The third-order valence-electron chi connectivity index (χ3n) is 7.82. The minimum absolute atomic E-state index is 0.0415. The molecule has 2 fully saturated rings. The van der Waals surface area contributed by atoms with Gasteiger partial charge < -0.3 is 20.1 Å². The SMILES string of the molecule is O=C(O)C1CCC[C@@H]1C(=O)c1ccc(-c2ccc(Nc3nc4ccc(C(=O)N5CCOCC5)cc4s3)c(F)c2)cc1. The molecule has 210 valence electrons. The maximum atomic E-state index is 15.1. The van der Waals surface area contributed by atoms with Crippen LogP contribution in [-0.2, 0) is 9.53 Å². The van der Waals surface area contributed by atoms with Crippen molar-refractivity contribution in [3.8, 4) is 11.1 Å². The summed E-state index contributed by atoms with van der Waals surface area (Å²) in [7, 11) is 0. The molecule has 2 aliphatic rings. The average Bonchev–Trinajstić information content (AvgIpc) is 3.65. The Kier molecular flexibility index (Phi) is 7.51. The van der Waals surface area contributed by atoms with Gasteiger partial charge >= 0.3 is 5.97 Å². The van der Waals surface area contributed by atoms with Crippen LogP contribution in [0.2, 0.25) is 0 Å². The number of fused-ring (bicyclic) bond motifs is 1. The lowest BCUT2D eigenvalue weighted by molar-refractivity contribution is -0.142. The van der Waals surface area contributed by atoms with Crippen molar-refractivity contribution in [2.75, 3.05) is 31.6 Å². The number of carbonyl (C=O) groups excluding carboxylic acids is 2. The molecule has 10 heteroatoms. The van der Waals surface area contributed by atoms with Gasteiger partial charge in [-0.05, 0) is 54.3 Å². The Hall–Kier alpha value is -4.15. The molecule has 1 unspecified atom stereocenters. The van der Waals surface area contributed by atoms with E-state index in [0.717, 1.165) is 22.2 Å². The van der Waals surface area contributed by atoms with Crippen LogP contribution in [0, 0.1) is 17.7 Å². The van der Waals surface area contributed by atoms with Gasteiger partial charge in [-0.25, -0.2) is 9.37 Å². The molecule has 3 aromatic carbocycles. The van der Waals surface area contributed by atoms with Gasteiger partial charge in [0.15, 0.2) is 10.9 Å². The quantitative estimate of drug-likeness (QED) is 0.261. The van der Waals surface area contributed by atoms with E-state index in [-0.39, 0.29) is 17.4 Å². The predicted octanol–water partition coefficient (Wildman–Crippen LogP) is 6.00. The van der Waals surface area contributed by atoms with Crippen LogP contribution < -0.4 is 5.32 Å². The number of benzene rings is 3. The van der Waals surface area contributed by atoms with Crippen molar-refractivity contribution in [3.63, 3.8) is 0 Å². The number of hydrogen-bond donors (Lipinski definition) is 2. The number of halogens is 1. The lowest BCUT2D eigenvalue weighted by atomic mass is 9.88. The van der Waals surface area contributed by atoms with Crippen molar-refractivity contribution in [1.82, 2.24) is 9.88 Å². The van der Waals surface area contributed by atoms with Crippen LogP contribution in [0.3, 0.4) is 0 Å². The molecule has 2 atom stereocenters. The number of ketones is 1. The molecule has 0 bridgehead atoms. The van der Waals surface area contributed by atoms with E-state index in [0.29, 0.717) is 61.0 Å². The molecular weight excluding hydrogens is 545 g/mol. The summed E-state index contributed by atoms with van der Waals surface area (Å²) in [6.07, 6.45) is 1.84. The van der Waals surface area contributed by atoms with E-state index in [4.69, 9.17) is 4.74 Å². The van der Waals surface area contributed by atoms with Crippen LogP contribution in [0.1, 0.15) is 40.0 Å². The number of Topliss-reactive ketones (excluding diaryl/α,β-unsaturated/α-hetero) is 1. The zero-order chi connectivity index (χ0) is 28.5. The largest absolute Gasteiger partial charge is 0.481 e. The number of amides is 1. The summed E-state index contributed by atoms with van der Waals surface area (Å²) < 4.78 is 21.3. The summed E-state index contributed by atoms with van der Waals surface area (Å²) in [5.74, 6) is -2.70. The number of hydrogen-bond acceptors (Lipinski definition) is 7. The van der Waals surface area contributed by atoms with Gasteiger partial charge in [0.1, 0.15) is 5.82 Å². The minimum atomic E-state index is -0.920. The van der Waals surface area contributed by atoms with Crippen molar-refractivity contribution in [2.24, 2.45) is 11.8 Å². The van der Waals surface area contributed by atoms with Crippen LogP contribution in [0.25, 0.3) is 21.3 Å². The topological polar surface area (TPSA) is 109 Å². The maximum absolute atomic E-state index is 15.1. The molecule has 1 saturated heterocycles. The fraction of sp³-hybridized carbons (Fsp3) is 0.290. The number of carbonyl (C=O) groups is 3. The van der Waals surface area contributed by atoms with E-state index < -0.39 is 23.6 Å². The molecule has 0 radical (unpaired) electrons. The van der Waals surface area contributed by atoms with E-state index >= 15 is 4.39 Å². The zero-order valence-electron chi connectivity index (χ0n) is 22.1. The average molecular weight is 574 g/mol. The molecule has 2 heterocycles. The molecule has 8 nitrogen and oxygen atoms in total. The third-order valence-corrected chi connectivity index (χ3v) is 8.75. The monoisotopic (exact) mass is 573 g/mol. The summed E-state index contributed by atoms with van der Waals surface area (Å²) in [5, 5.41) is 13.0. The Morgan fingerprint density at radius 1 is 0.927 bits per heavy atom. The van der Waals surface area contributed by atoms with E-state index in [1.165, 1.54) is 17.4 Å². The molecule has 6 rings (SSSR count). The fourth-order valence-electron chi connectivity index (χ4n) is 5.58. The Morgan fingerprint density at radius 3 is 2.37 bits per heavy atom. The van der Waals surface area contributed by atoms with Gasteiger partial charge in [-0.3, -0.25) is 14.4 Å². The fourth-order valence-corrected chi connectivity index (χ4v) is 6.50. The second-order valence-electron chi connectivity index (χ2n) is 10.3.